The first-order chi connectivity index (χ1) is 19.4. The van der Waals surface area contributed by atoms with Gasteiger partial charge in [0.05, 0.1) is 11.1 Å². The van der Waals surface area contributed by atoms with E-state index in [1.165, 1.54) is 36.8 Å². The van der Waals surface area contributed by atoms with Crippen LogP contribution in [0.25, 0.3) is 0 Å². The molecule has 2 aliphatic carbocycles. The Kier molecular flexibility index (Phi) is 9.69. The third-order valence-electron chi connectivity index (χ3n) is 8.15. The van der Waals surface area contributed by atoms with Crippen molar-refractivity contribution in [3.63, 3.8) is 0 Å². The van der Waals surface area contributed by atoms with Gasteiger partial charge in [0.15, 0.2) is 0 Å². The van der Waals surface area contributed by atoms with E-state index in [4.69, 9.17) is 4.52 Å². The van der Waals surface area contributed by atoms with Crippen molar-refractivity contribution in [2.45, 2.75) is 84.2 Å². The average molecular weight is 617 g/mol. The highest BCUT2D eigenvalue weighted by atomic mass is 35.5. The number of hydrogen-bond donors (Lipinski definition) is 0. The highest BCUT2D eigenvalue weighted by molar-refractivity contribution is 5.85. The number of fused-ring (bicyclic) bond motifs is 1. The molecule has 2 aromatic carbocycles. The highest BCUT2D eigenvalue weighted by Crippen LogP contribution is 2.38. The summed E-state index contributed by atoms with van der Waals surface area (Å²) in [5.41, 5.74) is 1.67. The van der Waals surface area contributed by atoms with Gasteiger partial charge in [-0.05, 0) is 96.6 Å². The molecule has 2 aliphatic rings. The summed E-state index contributed by atoms with van der Waals surface area (Å²) in [6.07, 6.45) is -2.09. The molecule has 0 spiro atoms. The second kappa shape index (κ2) is 12.7. The van der Waals surface area contributed by atoms with Crippen LogP contribution in [-0.2, 0) is 38.3 Å². The molecule has 1 saturated carbocycles. The van der Waals surface area contributed by atoms with Gasteiger partial charge in [0.2, 0.25) is 5.89 Å². The fourth-order valence-electron chi connectivity index (χ4n) is 6.14. The third-order valence-corrected chi connectivity index (χ3v) is 8.15. The van der Waals surface area contributed by atoms with Gasteiger partial charge < -0.3 is 14.3 Å². The number of anilines is 2. The first-order valence-corrected chi connectivity index (χ1v) is 14.1. The Morgan fingerprint density at radius 3 is 2.00 bits per heavy atom. The molecular formula is C30H35ClF6N4O. The third kappa shape index (κ3) is 7.33. The monoisotopic (exact) mass is 616 g/mol. The maximum absolute atomic E-state index is 13.6. The normalized spacial score (nSPS) is 15.5. The van der Waals surface area contributed by atoms with E-state index in [0.29, 0.717) is 5.92 Å². The molecule has 0 N–H and O–H groups in total. The van der Waals surface area contributed by atoms with Crippen molar-refractivity contribution in [2.24, 2.45) is 5.92 Å². The molecule has 1 aromatic heterocycles. The van der Waals surface area contributed by atoms with Crippen molar-refractivity contribution in [2.75, 3.05) is 22.9 Å². The summed E-state index contributed by atoms with van der Waals surface area (Å²) in [7, 11) is 0. The van der Waals surface area contributed by atoms with Crippen LogP contribution in [0.3, 0.4) is 0 Å². The molecule has 3 aromatic rings. The molecule has 1 fully saturated rings. The van der Waals surface area contributed by atoms with E-state index in [0.717, 1.165) is 55.7 Å². The standard InChI is InChI=1S/C30H34F6N4O.ClH/c1-3-39(16-20-7-4-5-8-20)27-14-23-10-6-9-22(23)13-24(27)18-40(28-37-19(2)41-38-28)17-21-11-25(29(31,32)33)15-26(12-21)30(34,35)36;/h11-15,20H,3-10,16-18H2,1-2H3;1H. The molecule has 0 saturated heterocycles. The van der Waals surface area contributed by atoms with E-state index in [1.807, 2.05) is 0 Å². The molecule has 42 heavy (non-hydrogen) atoms. The Hall–Kier alpha value is -2.95. The van der Waals surface area contributed by atoms with Crippen LogP contribution in [0.1, 0.15) is 78.3 Å². The maximum atomic E-state index is 13.6. The van der Waals surface area contributed by atoms with E-state index in [1.54, 1.807) is 11.8 Å². The maximum Gasteiger partial charge on any atom is 0.416 e. The minimum atomic E-state index is -4.93. The molecule has 0 aliphatic heterocycles. The minimum Gasteiger partial charge on any atom is -0.371 e. The number of alkyl halides is 6. The predicted molar refractivity (Wildman–Crippen MR) is 151 cm³/mol. The second-order valence-corrected chi connectivity index (χ2v) is 11.2. The van der Waals surface area contributed by atoms with Gasteiger partial charge in [-0.3, -0.25) is 0 Å². The van der Waals surface area contributed by atoms with Crippen molar-refractivity contribution in [1.29, 1.82) is 0 Å². The lowest BCUT2D eigenvalue weighted by Crippen LogP contribution is -2.31. The fourth-order valence-corrected chi connectivity index (χ4v) is 6.14. The Labute approximate surface area is 247 Å². The second-order valence-electron chi connectivity index (χ2n) is 11.2. The van der Waals surface area contributed by atoms with Gasteiger partial charge in [-0.2, -0.15) is 31.3 Å². The van der Waals surface area contributed by atoms with E-state index >= 15 is 0 Å². The van der Waals surface area contributed by atoms with E-state index < -0.39 is 23.5 Å². The molecule has 5 rings (SSSR count). The van der Waals surface area contributed by atoms with E-state index in [9.17, 15) is 26.3 Å². The van der Waals surface area contributed by atoms with E-state index in [2.05, 4.69) is 34.1 Å². The van der Waals surface area contributed by atoms with Gasteiger partial charge in [0.25, 0.3) is 5.95 Å². The lowest BCUT2D eigenvalue weighted by Gasteiger charge is -2.31. The molecule has 0 radical (unpaired) electrons. The van der Waals surface area contributed by atoms with Gasteiger partial charge in [-0.1, -0.05) is 18.9 Å². The first kappa shape index (κ1) is 32.0. The van der Waals surface area contributed by atoms with Crippen molar-refractivity contribution < 1.29 is 30.9 Å². The number of aromatic nitrogens is 2. The van der Waals surface area contributed by atoms with Gasteiger partial charge in [0.1, 0.15) is 0 Å². The molecule has 0 amide bonds. The lowest BCUT2D eigenvalue weighted by atomic mass is 10.0. The van der Waals surface area contributed by atoms with Crippen molar-refractivity contribution in [3.8, 4) is 0 Å². The van der Waals surface area contributed by atoms with Crippen LogP contribution in [0.5, 0.6) is 0 Å². The Bertz CT molecular complexity index is 1330. The summed E-state index contributed by atoms with van der Waals surface area (Å²) >= 11 is 0. The van der Waals surface area contributed by atoms with Crippen LogP contribution in [0.4, 0.5) is 38.0 Å². The summed E-state index contributed by atoms with van der Waals surface area (Å²) in [5, 5.41) is 3.98. The highest BCUT2D eigenvalue weighted by Gasteiger charge is 2.37. The van der Waals surface area contributed by atoms with Crippen LogP contribution < -0.4 is 9.80 Å². The molecule has 12 heteroatoms. The number of aryl methyl sites for hydroxylation is 3. The van der Waals surface area contributed by atoms with Crippen LogP contribution >= 0.6 is 12.4 Å². The summed E-state index contributed by atoms with van der Waals surface area (Å²) in [5.74, 6) is 0.951. The number of halogens is 7. The van der Waals surface area contributed by atoms with Gasteiger partial charge in [-0.25, -0.2) is 0 Å². The number of benzene rings is 2. The number of hydrogen-bond acceptors (Lipinski definition) is 5. The molecular weight excluding hydrogens is 582 g/mol. The Morgan fingerprint density at radius 2 is 1.45 bits per heavy atom. The first-order valence-electron chi connectivity index (χ1n) is 14.1. The fraction of sp³-hybridized carbons (Fsp3) is 0.533. The molecule has 0 atom stereocenters. The number of rotatable bonds is 9. The van der Waals surface area contributed by atoms with Crippen LogP contribution in [0, 0.1) is 12.8 Å². The van der Waals surface area contributed by atoms with Crippen LogP contribution in [-0.4, -0.2) is 23.2 Å². The van der Waals surface area contributed by atoms with Crippen LogP contribution in [0.15, 0.2) is 34.9 Å². The minimum absolute atomic E-state index is 0. The van der Waals surface area contributed by atoms with Crippen LogP contribution in [0.2, 0.25) is 0 Å². The van der Waals surface area contributed by atoms with Gasteiger partial charge in [0, 0.05) is 38.8 Å². The Balaban J connectivity index is 0.00000405. The smallest absolute Gasteiger partial charge is 0.371 e. The number of nitrogens with zero attached hydrogens (tertiary/aromatic N) is 4. The summed E-state index contributed by atoms with van der Waals surface area (Å²) < 4.78 is 86.7. The molecule has 5 nitrogen and oxygen atoms in total. The summed E-state index contributed by atoms with van der Waals surface area (Å²) in [6.45, 7) is 5.31. The van der Waals surface area contributed by atoms with E-state index in [-0.39, 0.29) is 49.0 Å². The Morgan fingerprint density at radius 1 is 0.833 bits per heavy atom. The topological polar surface area (TPSA) is 45.4 Å². The van der Waals surface area contributed by atoms with Gasteiger partial charge in [-0.15, -0.1) is 12.4 Å². The SMILES string of the molecule is CCN(CC1CCCC1)c1cc2c(cc1CN(Cc1cc(C(F)(F)F)cc(C(F)(F)F)c1)c1noc(C)n1)CCC2.Cl. The molecule has 0 unspecified atom stereocenters. The van der Waals surface area contributed by atoms with Gasteiger partial charge >= 0.3 is 12.4 Å². The zero-order valence-electron chi connectivity index (χ0n) is 23.6. The summed E-state index contributed by atoms with van der Waals surface area (Å²) in [6, 6.07) is 6.03. The molecule has 230 valence electrons. The average Bonchev–Trinajstić information content (AvgIpc) is 3.67. The van der Waals surface area contributed by atoms with Crippen molar-refractivity contribution in [1.82, 2.24) is 10.1 Å². The van der Waals surface area contributed by atoms with Crippen molar-refractivity contribution >= 4 is 24.0 Å². The molecule has 0 bridgehead atoms. The molecule has 1 heterocycles. The largest absolute Gasteiger partial charge is 0.416 e. The predicted octanol–water partition coefficient (Wildman–Crippen LogP) is 8.55. The summed E-state index contributed by atoms with van der Waals surface area (Å²) in [4.78, 5) is 8.24. The quantitative estimate of drug-likeness (QED) is 0.225. The van der Waals surface area contributed by atoms with Crippen molar-refractivity contribution in [3.05, 3.63) is 69.6 Å². The zero-order chi connectivity index (χ0) is 29.4. The lowest BCUT2D eigenvalue weighted by molar-refractivity contribution is -0.143. The zero-order valence-corrected chi connectivity index (χ0v) is 24.4.